The zero-order chi connectivity index (χ0) is 11.7. The van der Waals surface area contributed by atoms with Gasteiger partial charge in [0, 0.05) is 10.9 Å². The number of phenols is 1. The fourth-order valence-electron chi connectivity index (χ4n) is 1.91. The summed E-state index contributed by atoms with van der Waals surface area (Å²) in [6, 6.07) is 19.2. The molecule has 3 aromatic rings. The van der Waals surface area contributed by atoms with Crippen LogP contribution in [0.1, 0.15) is 0 Å². The van der Waals surface area contributed by atoms with Gasteiger partial charge < -0.3 is 5.11 Å². The molecule has 2 nitrogen and oxygen atoms in total. The van der Waals surface area contributed by atoms with Crippen molar-refractivity contribution in [2.24, 2.45) is 0 Å². The van der Waals surface area contributed by atoms with Crippen LogP contribution in [0, 0.1) is 0 Å². The third-order valence-electron chi connectivity index (χ3n) is 2.78. The van der Waals surface area contributed by atoms with Crippen LogP contribution in [0.5, 0.6) is 5.75 Å². The van der Waals surface area contributed by atoms with Crippen LogP contribution in [0.2, 0.25) is 0 Å². The summed E-state index contributed by atoms with van der Waals surface area (Å²) in [5, 5.41) is 10.5. The van der Waals surface area contributed by atoms with Gasteiger partial charge in [-0.25, -0.2) is 4.98 Å². The largest absolute Gasteiger partial charge is 0.507 e. The Labute approximate surface area is 99.2 Å². The van der Waals surface area contributed by atoms with Crippen LogP contribution in [-0.4, -0.2) is 10.1 Å². The van der Waals surface area contributed by atoms with E-state index in [0.717, 1.165) is 22.2 Å². The van der Waals surface area contributed by atoms with E-state index in [0.29, 0.717) is 0 Å². The molecule has 2 heteroatoms. The summed E-state index contributed by atoms with van der Waals surface area (Å²) >= 11 is 0. The number of rotatable bonds is 1. The van der Waals surface area contributed by atoms with Crippen molar-refractivity contribution in [3.05, 3.63) is 60.7 Å². The summed E-state index contributed by atoms with van der Waals surface area (Å²) in [4.78, 5) is 4.55. The summed E-state index contributed by atoms with van der Waals surface area (Å²) in [5.74, 6) is 0.273. The number of hydrogen-bond donors (Lipinski definition) is 1. The monoisotopic (exact) mass is 221 g/mol. The van der Waals surface area contributed by atoms with Gasteiger partial charge >= 0.3 is 0 Å². The maximum absolute atomic E-state index is 9.69. The lowest BCUT2D eigenvalue weighted by atomic mass is 10.1. The molecule has 1 aromatic heterocycles. The highest BCUT2D eigenvalue weighted by Gasteiger charge is 2.03. The quantitative estimate of drug-likeness (QED) is 0.681. The predicted molar refractivity (Wildman–Crippen MR) is 68.8 cm³/mol. The first-order chi connectivity index (χ1) is 8.34. The van der Waals surface area contributed by atoms with Crippen molar-refractivity contribution in [1.82, 2.24) is 4.98 Å². The van der Waals surface area contributed by atoms with Crippen LogP contribution in [0.15, 0.2) is 60.7 Å². The van der Waals surface area contributed by atoms with E-state index in [1.807, 2.05) is 48.5 Å². The van der Waals surface area contributed by atoms with Crippen molar-refractivity contribution in [2.45, 2.75) is 0 Å². The van der Waals surface area contributed by atoms with Crippen LogP contribution in [-0.2, 0) is 0 Å². The number of phenolic OH excluding ortho intramolecular Hbond substituents is 1. The normalized spacial score (nSPS) is 10.6. The predicted octanol–water partition coefficient (Wildman–Crippen LogP) is 3.61. The molecule has 0 bridgehead atoms. The maximum Gasteiger partial charge on any atom is 0.124 e. The summed E-state index contributed by atoms with van der Waals surface area (Å²) in [6.45, 7) is 0. The molecule has 0 radical (unpaired) electrons. The van der Waals surface area contributed by atoms with Crippen molar-refractivity contribution in [3.8, 4) is 17.0 Å². The second-order valence-corrected chi connectivity index (χ2v) is 3.91. The first-order valence-electron chi connectivity index (χ1n) is 5.49. The maximum atomic E-state index is 9.69. The summed E-state index contributed by atoms with van der Waals surface area (Å²) in [7, 11) is 0. The summed E-state index contributed by atoms with van der Waals surface area (Å²) in [6.07, 6.45) is 0. The molecular formula is C15H11NO. The van der Waals surface area contributed by atoms with Crippen LogP contribution >= 0.6 is 0 Å². The van der Waals surface area contributed by atoms with Crippen molar-refractivity contribution in [2.75, 3.05) is 0 Å². The van der Waals surface area contributed by atoms with Gasteiger partial charge in [-0.1, -0.05) is 36.4 Å². The van der Waals surface area contributed by atoms with Gasteiger partial charge in [-0.05, 0) is 24.3 Å². The van der Waals surface area contributed by atoms with Crippen LogP contribution < -0.4 is 0 Å². The van der Waals surface area contributed by atoms with Gasteiger partial charge in [-0.15, -0.1) is 0 Å². The highest BCUT2D eigenvalue weighted by Crippen LogP contribution is 2.26. The van der Waals surface area contributed by atoms with E-state index in [9.17, 15) is 5.11 Å². The number of pyridine rings is 1. The fraction of sp³-hybridized carbons (Fsp3) is 0. The van der Waals surface area contributed by atoms with E-state index in [-0.39, 0.29) is 5.75 Å². The van der Waals surface area contributed by atoms with Gasteiger partial charge in [-0.2, -0.15) is 0 Å². The molecule has 3 rings (SSSR count). The zero-order valence-electron chi connectivity index (χ0n) is 9.17. The van der Waals surface area contributed by atoms with Gasteiger partial charge in [0.15, 0.2) is 0 Å². The van der Waals surface area contributed by atoms with Crippen molar-refractivity contribution in [3.63, 3.8) is 0 Å². The Hall–Kier alpha value is -2.35. The van der Waals surface area contributed by atoms with Gasteiger partial charge in [0.2, 0.25) is 0 Å². The standard InChI is InChI=1S/C15H11NO/c17-15-8-4-7-14-12(15)9-10-13(16-14)11-5-2-1-3-6-11/h1-10,17H. The SMILES string of the molecule is Oc1cccc2nc(-c3ccccc3)ccc12. The molecule has 2 aromatic carbocycles. The second-order valence-electron chi connectivity index (χ2n) is 3.91. The molecule has 0 aliphatic carbocycles. The molecule has 1 N–H and O–H groups in total. The Morgan fingerprint density at radius 3 is 2.41 bits per heavy atom. The number of aromatic nitrogens is 1. The van der Waals surface area contributed by atoms with E-state index < -0.39 is 0 Å². The lowest BCUT2D eigenvalue weighted by Gasteiger charge is -2.04. The molecule has 1 heterocycles. The lowest BCUT2D eigenvalue weighted by Crippen LogP contribution is -1.84. The summed E-state index contributed by atoms with van der Waals surface area (Å²) < 4.78 is 0. The second kappa shape index (κ2) is 3.91. The number of nitrogens with zero attached hydrogens (tertiary/aromatic N) is 1. The van der Waals surface area contributed by atoms with Crippen LogP contribution in [0.4, 0.5) is 0 Å². The van der Waals surface area contributed by atoms with Gasteiger partial charge in [-0.3, -0.25) is 0 Å². The topological polar surface area (TPSA) is 33.1 Å². The van der Waals surface area contributed by atoms with E-state index in [2.05, 4.69) is 4.98 Å². The van der Waals surface area contributed by atoms with Crippen molar-refractivity contribution < 1.29 is 5.11 Å². The Kier molecular flexibility index (Phi) is 2.26. The van der Waals surface area contributed by atoms with Gasteiger partial charge in [0.25, 0.3) is 0 Å². The average Bonchev–Trinajstić information content (AvgIpc) is 2.40. The first-order valence-corrected chi connectivity index (χ1v) is 5.49. The molecule has 17 heavy (non-hydrogen) atoms. The van der Waals surface area contributed by atoms with E-state index in [4.69, 9.17) is 0 Å². The molecule has 0 aliphatic heterocycles. The Balaban J connectivity index is 2.21. The number of fused-ring (bicyclic) bond motifs is 1. The van der Waals surface area contributed by atoms with Crippen LogP contribution in [0.3, 0.4) is 0 Å². The third kappa shape index (κ3) is 1.74. The average molecular weight is 221 g/mol. The molecule has 0 unspecified atom stereocenters. The molecule has 0 spiro atoms. The molecule has 0 fully saturated rings. The van der Waals surface area contributed by atoms with Crippen LogP contribution in [0.25, 0.3) is 22.2 Å². The molecule has 82 valence electrons. The van der Waals surface area contributed by atoms with E-state index >= 15 is 0 Å². The lowest BCUT2D eigenvalue weighted by molar-refractivity contribution is 0.481. The molecule has 0 saturated carbocycles. The molecule has 0 saturated heterocycles. The Morgan fingerprint density at radius 1 is 0.765 bits per heavy atom. The van der Waals surface area contributed by atoms with E-state index in [1.165, 1.54) is 0 Å². The van der Waals surface area contributed by atoms with E-state index in [1.54, 1.807) is 12.1 Å². The van der Waals surface area contributed by atoms with Crippen molar-refractivity contribution in [1.29, 1.82) is 0 Å². The number of aromatic hydroxyl groups is 1. The smallest absolute Gasteiger partial charge is 0.124 e. The minimum atomic E-state index is 0.273. The number of benzene rings is 2. The summed E-state index contributed by atoms with van der Waals surface area (Å²) in [5.41, 5.74) is 2.81. The molecule has 0 atom stereocenters. The minimum absolute atomic E-state index is 0.273. The first kappa shape index (κ1) is 9.85. The molecule has 0 amide bonds. The fourth-order valence-corrected chi connectivity index (χ4v) is 1.91. The number of hydrogen-bond acceptors (Lipinski definition) is 2. The van der Waals surface area contributed by atoms with Crippen molar-refractivity contribution >= 4 is 10.9 Å². The van der Waals surface area contributed by atoms with Gasteiger partial charge in [0.05, 0.1) is 11.2 Å². The highest BCUT2D eigenvalue weighted by atomic mass is 16.3. The zero-order valence-corrected chi connectivity index (χ0v) is 9.17. The third-order valence-corrected chi connectivity index (χ3v) is 2.78. The highest BCUT2D eigenvalue weighted by molar-refractivity contribution is 5.86. The Morgan fingerprint density at radius 2 is 1.59 bits per heavy atom. The molecule has 0 aliphatic rings. The molecular weight excluding hydrogens is 210 g/mol. The van der Waals surface area contributed by atoms with Gasteiger partial charge in [0.1, 0.15) is 5.75 Å². The minimum Gasteiger partial charge on any atom is -0.507 e. The Bertz CT molecular complexity index is 662.